The van der Waals surface area contributed by atoms with Crippen LogP contribution >= 0.6 is 0 Å². The zero-order valence-electron chi connectivity index (χ0n) is 10.4. The van der Waals surface area contributed by atoms with Gasteiger partial charge < -0.3 is 5.32 Å². The number of benzene rings is 1. The van der Waals surface area contributed by atoms with Gasteiger partial charge in [-0.25, -0.2) is 4.39 Å². The fourth-order valence-electron chi connectivity index (χ4n) is 0.939. The molecular formula is C13H20FNO. The Morgan fingerprint density at radius 2 is 1.81 bits per heavy atom. The van der Waals surface area contributed by atoms with E-state index in [-0.39, 0.29) is 5.56 Å². The lowest BCUT2D eigenvalue weighted by molar-refractivity contribution is 0.0959. The van der Waals surface area contributed by atoms with E-state index in [9.17, 15) is 9.18 Å². The summed E-state index contributed by atoms with van der Waals surface area (Å²) in [7, 11) is 1.47. The van der Waals surface area contributed by atoms with Crippen molar-refractivity contribution in [2.24, 2.45) is 0 Å². The van der Waals surface area contributed by atoms with E-state index < -0.39 is 11.7 Å². The van der Waals surface area contributed by atoms with Crippen molar-refractivity contribution in [2.75, 3.05) is 7.05 Å². The van der Waals surface area contributed by atoms with Gasteiger partial charge in [-0.3, -0.25) is 4.79 Å². The molecule has 0 aliphatic carbocycles. The molecule has 0 saturated heterocycles. The minimum absolute atomic E-state index is 0.0862. The molecule has 1 amide bonds. The molecule has 0 saturated carbocycles. The van der Waals surface area contributed by atoms with Crippen LogP contribution in [-0.2, 0) is 0 Å². The number of nitrogens with one attached hydrogen (secondary N) is 1. The number of carbonyl (C=O) groups excluding carboxylic acids is 1. The number of aryl methyl sites for hydroxylation is 1. The first kappa shape index (κ1) is 16.8. The molecule has 0 spiro atoms. The van der Waals surface area contributed by atoms with Crippen molar-refractivity contribution in [2.45, 2.75) is 20.8 Å². The van der Waals surface area contributed by atoms with E-state index in [4.69, 9.17) is 0 Å². The van der Waals surface area contributed by atoms with Crippen LogP contribution in [0.2, 0.25) is 0 Å². The third kappa shape index (κ3) is 5.29. The summed E-state index contributed by atoms with van der Waals surface area (Å²) in [4.78, 5) is 11.0. The predicted molar refractivity (Wildman–Crippen MR) is 67.1 cm³/mol. The molecule has 0 aliphatic rings. The summed E-state index contributed by atoms with van der Waals surface area (Å²) >= 11 is 0. The van der Waals surface area contributed by atoms with Gasteiger partial charge in [0.05, 0.1) is 5.56 Å². The molecule has 1 aromatic rings. The first-order chi connectivity index (χ1) is 7.65. The molecule has 1 aromatic carbocycles. The smallest absolute Gasteiger partial charge is 0.253 e. The number of hydrogen-bond donors (Lipinski definition) is 1. The number of rotatable bonds is 1. The maximum absolute atomic E-state index is 13.0. The third-order valence-corrected chi connectivity index (χ3v) is 1.60. The molecule has 0 heterocycles. The lowest BCUT2D eigenvalue weighted by Crippen LogP contribution is -2.19. The highest BCUT2D eigenvalue weighted by Gasteiger charge is 2.08. The number of halogens is 1. The van der Waals surface area contributed by atoms with Crippen molar-refractivity contribution < 1.29 is 9.18 Å². The van der Waals surface area contributed by atoms with Crippen molar-refractivity contribution >= 4 is 5.91 Å². The summed E-state index contributed by atoms with van der Waals surface area (Å²) in [6, 6.07) is 4.52. The van der Waals surface area contributed by atoms with Gasteiger partial charge in [0, 0.05) is 7.05 Å². The Kier molecular flexibility index (Phi) is 10.4. The molecule has 1 rings (SSSR count). The summed E-state index contributed by atoms with van der Waals surface area (Å²) < 4.78 is 13.0. The molecule has 0 radical (unpaired) electrons. The number of carbonyl (C=O) groups is 1. The molecule has 0 atom stereocenters. The minimum Gasteiger partial charge on any atom is -0.355 e. The Labute approximate surface area is 97.2 Å². The highest BCUT2D eigenvalue weighted by atomic mass is 19.1. The van der Waals surface area contributed by atoms with Crippen molar-refractivity contribution in [3.05, 3.63) is 48.3 Å². The molecule has 2 nitrogen and oxygen atoms in total. The fourth-order valence-corrected chi connectivity index (χ4v) is 0.939. The van der Waals surface area contributed by atoms with Crippen molar-refractivity contribution in [3.8, 4) is 0 Å². The van der Waals surface area contributed by atoms with Gasteiger partial charge in [0.15, 0.2) is 0 Å². The summed E-state index contributed by atoms with van der Waals surface area (Å²) in [6.45, 7) is 11.8. The van der Waals surface area contributed by atoms with Gasteiger partial charge in [-0.05, 0) is 24.6 Å². The first-order valence-electron chi connectivity index (χ1n) is 5.13. The number of amides is 1. The summed E-state index contributed by atoms with van der Waals surface area (Å²) in [6.07, 6.45) is 0. The van der Waals surface area contributed by atoms with E-state index in [2.05, 4.69) is 18.5 Å². The minimum atomic E-state index is -0.477. The Hall–Kier alpha value is -1.64. The molecule has 0 bridgehead atoms. The summed E-state index contributed by atoms with van der Waals surface area (Å²) in [5.74, 6) is -0.873. The average Bonchev–Trinajstić information content (AvgIpc) is 2.33. The van der Waals surface area contributed by atoms with Crippen LogP contribution in [0.3, 0.4) is 0 Å². The van der Waals surface area contributed by atoms with E-state index in [0.29, 0.717) is 0 Å². The van der Waals surface area contributed by atoms with Crippen molar-refractivity contribution in [1.82, 2.24) is 5.32 Å². The molecule has 90 valence electrons. The monoisotopic (exact) mass is 225 g/mol. The second-order valence-corrected chi connectivity index (χ2v) is 2.56. The quantitative estimate of drug-likeness (QED) is 0.730. The molecule has 0 unspecified atom stereocenters. The highest BCUT2D eigenvalue weighted by Crippen LogP contribution is 2.08. The summed E-state index contributed by atoms with van der Waals surface area (Å²) in [5.41, 5.74) is 0.892. The topological polar surface area (TPSA) is 29.1 Å². The molecule has 0 aromatic heterocycles. The maximum Gasteiger partial charge on any atom is 0.253 e. The van der Waals surface area contributed by atoms with E-state index in [1.54, 1.807) is 13.0 Å². The van der Waals surface area contributed by atoms with Gasteiger partial charge in [-0.1, -0.05) is 19.9 Å². The molecule has 0 aliphatic heterocycles. The average molecular weight is 225 g/mol. The lowest BCUT2D eigenvalue weighted by Gasteiger charge is -2.01. The van der Waals surface area contributed by atoms with Gasteiger partial charge in [0.25, 0.3) is 5.91 Å². The fraction of sp³-hybridized carbons (Fsp3) is 0.308. The lowest BCUT2D eigenvalue weighted by atomic mass is 10.1. The van der Waals surface area contributed by atoms with Crippen LogP contribution in [0, 0.1) is 12.7 Å². The van der Waals surface area contributed by atoms with E-state index in [1.807, 2.05) is 13.8 Å². The van der Waals surface area contributed by atoms with E-state index in [0.717, 1.165) is 5.56 Å². The van der Waals surface area contributed by atoms with Crippen LogP contribution in [0.15, 0.2) is 31.4 Å². The maximum atomic E-state index is 13.0. The van der Waals surface area contributed by atoms with Gasteiger partial charge in [-0.15, -0.1) is 13.2 Å². The molecule has 3 heteroatoms. The first-order valence-corrected chi connectivity index (χ1v) is 5.13. The third-order valence-electron chi connectivity index (χ3n) is 1.60. The van der Waals surface area contributed by atoms with Gasteiger partial charge in [0.1, 0.15) is 5.82 Å². The van der Waals surface area contributed by atoms with Crippen molar-refractivity contribution in [3.63, 3.8) is 0 Å². The van der Waals surface area contributed by atoms with Gasteiger partial charge in [0.2, 0.25) is 0 Å². The molecule has 16 heavy (non-hydrogen) atoms. The second-order valence-electron chi connectivity index (χ2n) is 2.56. The number of hydrogen-bond acceptors (Lipinski definition) is 1. The molecule has 0 fully saturated rings. The van der Waals surface area contributed by atoms with Crippen LogP contribution in [0.5, 0.6) is 0 Å². The van der Waals surface area contributed by atoms with Crippen LogP contribution < -0.4 is 5.32 Å². The van der Waals surface area contributed by atoms with Crippen LogP contribution in [0.4, 0.5) is 4.39 Å². The standard InChI is InChI=1S/C9H10FNO.C2H6.C2H4/c1-6-3-4-7(8(10)5-6)9(12)11-2;2*1-2/h3-5H,1-2H3,(H,11,12);1-2H3;1-2H2. The van der Waals surface area contributed by atoms with Crippen LogP contribution in [0.1, 0.15) is 29.8 Å². The normalized spacial score (nSPS) is 7.81. The Morgan fingerprint density at radius 1 is 1.31 bits per heavy atom. The largest absolute Gasteiger partial charge is 0.355 e. The zero-order chi connectivity index (χ0) is 13.1. The predicted octanol–water partition coefficient (Wildman–Crippen LogP) is 3.32. The Balaban J connectivity index is 0. The van der Waals surface area contributed by atoms with Gasteiger partial charge in [-0.2, -0.15) is 0 Å². The zero-order valence-corrected chi connectivity index (χ0v) is 10.4. The van der Waals surface area contributed by atoms with Crippen LogP contribution in [-0.4, -0.2) is 13.0 Å². The van der Waals surface area contributed by atoms with Gasteiger partial charge >= 0.3 is 0 Å². The molecular weight excluding hydrogens is 205 g/mol. The molecule has 1 N–H and O–H groups in total. The van der Waals surface area contributed by atoms with E-state index >= 15 is 0 Å². The van der Waals surface area contributed by atoms with E-state index in [1.165, 1.54) is 19.2 Å². The highest BCUT2D eigenvalue weighted by molar-refractivity contribution is 5.94. The Morgan fingerprint density at radius 3 is 2.19 bits per heavy atom. The van der Waals surface area contributed by atoms with Crippen molar-refractivity contribution in [1.29, 1.82) is 0 Å². The SMILES string of the molecule is C=C.CC.CNC(=O)c1ccc(C)cc1F. The summed E-state index contributed by atoms with van der Waals surface area (Å²) in [5, 5.41) is 2.36. The van der Waals surface area contributed by atoms with Crippen LogP contribution in [0.25, 0.3) is 0 Å². The Bertz CT molecular complexity index is 324. The second kappa shape index (κ2) is 9.90.